The maximum Gasteiger partial charge on any atom is 0.181 e. The van der Waals surface area contributed by atoms with Gasteiger partial charge in [0.25, 0.3) is 0 Å². The van der Waals surface area contributed by atoms with Gasteiger partial charge >= 0.3 is 0 Å². The summed E-state index contributed by atoms with van der Waals surface area (Å²) in [6.45, 7) is 0.389. The van der Waals surface area contributed by atoms with E-state index in [-0.39, 0.29) is 5.03 Å². The normalized spacial score (nSPS) is 19.2. The smallest absolute Gasteiger partial charge is 0.181 e. The Balaban J connectivity index is 2.02. The molecule has 0 saturated heterocycles. The zero-order chi connectivity index (χ0) is 10.4. The van der Waals surface area contributed by atoms with Crippen molar-refractivity contribution in [3.63, 3.8) is 0 Å². The number of rotatable bonds is 2. The summed E-state index contributed by atoms with van der Waals surface area (Å²) in [6, 6.07) is 8.09. The third-order valence-corrected chi connectivity index (χ3v) is 2.88. The highest BCUT2D eigenvalue weighted by molar-refractivity contribution is 5.57. The predicted molar refractivity (Wildman–Crippen MR) is 54.5 cm³/mol. The van der Waals surface area contributed by atoms with E-state index in [1.54, 1.807) is 0 Å². The van der Waals surface area contributed by atoms with Gasteiger partial charge in [0.2, 0.25) is 0 Å². The molecule has 1 aromatic rings. The van der Waals surface area contributed by atoms with Crippen LogP contribution in [0.25, 0.3) is 0 Å². The van der Waals surface area contributed by atoms with E-state index in [1.165, 1.54) is 5.12 Å². The average Bonchev–Trinajstić information content (AvgIpc) is 2.98. The molecular formula is C10H11N3O2. The van der Waals surface area contributed by atoms with Gasteiger partial charge in [-0.05, 0) is 24.0 Å². The van der Waals surface area contributed by atoms with E-state index in [0.29, 0.717) is 12.6 Å². The molecule has 0 unspecified atom stereocenters. The third kappa shape index (κ3) is 1.23. The molecule has 1 fully saturated rings. The van der Waals surface area contributed by atoms with E-state index in [1.807, 2.05) is 29.3 Å². The maximum atomic E-state index is 10.9. The van der Waals surface area contributed by atoms with Crippen molar-refractivity contribution in [1.29, 1.82) is 0 Å². The second-order valence-electron chi connectivity index (χ2n) is 3.97. The Bertz CT molecular complexity index is 417. The highest BCUT2D eigenvalue weighted by Gasteiger charge is 2.43. The number of hydrazine groups is 2. The lowest BCUT2D eigenvalue weighted by Crippen LogP contribution is -2.43. The fourth-order valence-corrected chi connectivity index (χ4v) is 2.06. The molecule has 0 amide bonds. The summed E-state index contributed by atoms with van der Waals surface area (Å²) in [7, 11) is 0. The Morgan fingerprint density at radius 2 is 2.07 bits per heavy atom. The van der Waals surface area contributed by atoms with Crippen LogP contribution in [-0.2, 0) is 6.54 Å². The highest BCUT2D eigenvalue weighted by Crippen LogP contribution is 2.39. The summed E-state index contributed by atoms with van der Waals surface area (Å²) in [5, 5.41) is 13.6. The summed E-state index contributed by atoms with van der Waals surface area (Å²) >= 11 is 0. The van der Waals surface area contributed by atoms with Crippen LogP contribution in [0.15, 0.2) is 24.3 Å². The second-order valence-corrected chi connectivity index (χ2v) is 3.97. The Hall–Kier alpha value is -1.78. The van der Waals surface area contributed by atoms with E-state index in [2.05, 4.69) is 0 Å². The van der Waals surface area contributed by atoms with Crippen molar-refractivity contribution in [2.24, 2.45) is 0 Å². The first-order chi connectivity index (χ1) is 7.27. The number of nitrogens with zero attached hydrogens (tertiary/aromatic N) is 3. The standard InChI is InChI=1S/C10H11N3O2/c14-13(15)11-7-8-3-1-2-4-10(8)12(11)9-5-6-9/h1-4,9H,5-7H2. The summed E-state index contributed by atoms with van der Waals surface area (Å²) in [5.74, 6) is 0. The van der Waals surface area contributed by atoms with Gasteiger partial charge in [-0.2, -0.15) is 0 Å². The molecule has 0 bridgehead atoms. The van der Waals surface area contributed by atoms with E-state index in [0.717, 1.165) is 24.1 Å². The molecule has 0 spiro atoms. The van der Waals surface area contributed by atoms with Gasteiger partial charge in [-0.25, -0.2) is 15.1 Å². The first kappa shape index (κ1) is 8.52. The fraction of sp³-hybridized carbons (Fsp3) is 0.400. The minimum Gasteiger partial charge on any atom is -0.233 e. The van der Waals surface area contributed by atoms with Crippen molar-refractivity contribution in [3.05, 3.63) is 39.9 Å². The summed E-state index contributed by atoms with van der Waals surface area (Å²) < 4.78 is 0. The fourth-order valence-electron chi connectivity index (χ4n) is 2.06. The lowest BCUT2D eigenvalue weighted by atomic mass is 10.2. The van der Waals surface area contributed by atoms with Crippen LogP contribution in [0.1, 0.15) is 18.4 Å². The molecule has 3 rings (SSSR count). The first-order valence-electron chi connectivity index (χ1n) is 5.06. The van der Waals surface area contributed by atoms with Gasteiger partial charge in [0.05, 0.1) is 11.7 Å². The molecule has 0 aromatic heterocycles. The zero-order valence-corrected chi connectivity index (χ0v) is 8.17. The number of benzene rings is 1. The predicted octanol–water partition coefficient (Wildman–Crippen LogP) is 1.58. The van der Waals surface area contributed by atoms with Crippen molar-refractivity contribution >= 4 is 5.69 Å². The summed E-state index contributed by atoms with van der Waals surface area (Å²) in [4.78, 5) is 10.9. The van der Waals surface area contributed by atoms with E-state index in [9.17, 15) is 10.1 Å². The van der Waals surface area contributed by atoms with Gasteiger partial charge in [-0.15, -0.1) is 0 Å². The average molecular weight is 205 g/mol. The Morgan fingerprint density at radius 3 is 2.73 bits per heavy atom. The van der Waals surface area contributed by atoms with Crippen molar-refractivity contribution in [2.45, 2.75) is 25.4 Å². The summed E-state index contributed by atoms with van der Waals surface area (Å²) in [5.41, 5.74) is 2.04. The monoisotopic (exact) mass is 205 g/mol. The molecule has 78 valence electrons. The Labute approximate surface area is 87.0 Å². The van der Waals surface area contributed by atoms with Crippen LogP contribution in [0.3, 0.4) is 0 Å². The molecule has 1 aliphatic heterocycles. The van der Waals surface area contributed by atoms with Gasteiger partial charge in [0.1, 0.15) is 6.54 Å². The van der Waals surface area contributed by atoms with Gasteiger partial charge in [-0.1, -0.05) is 18.2 Å². The summed E-state index contributed by atoms with van der Waals surface area (Å²) in [6.07, 6.45) is 2.11. The number of hydrogen-bond acceptors (Lipinski definition) is 3. The molecule has 1 saturated carbocycles. The van der Waals surface area contributed by atoms with Crippen LogP contribution in [0, 0.1) is 10.1 Å². The van der Waals surface area contributed by atoms with Gasteiger partial charge in [0.15, 0.2) is 5.03 Å². The molecule has 1 aromatic carbocycles. The van der Waals surface area contributed by atoms with Crippen LogP contribution in [-0.4, -0.2) is 16.2 Å². The SMILES string of the molecule is O=[N+]([O-])N1Cc2ccccc2N1C1CC1. The van der Waals surface area contributed by atoms with Crippen LogP contribution in [0.2, 0.25) is 0 Å². The zero-order valence-electron chi connectivity index (χ0n) is 8.17. The Morgan fingerprint density at radius 1 is 1.33 bits per heavy atom. The second kappa shape index (κ2) is 2.85. The molecule has 0 atom stereocenters. The van der Waals surface area contributed by atoms with Crippen molar-refractivity contribution in [1.82, 2.24) is 5.12 Å². The van der Waals surface area contributed by atoms with Crippen LogP contribution < -0.4 is 5.01 Å². The number of hydrogen-bond donors (Lipinski definition) is 0. The van der Waals surface area contributed by atoms with Gasteiger partial charge < -0.3 is 0 Å². The largest absolute Gasteiger partial charge is 0.233 e. The topological polar surface area (TPSA) is 49.6 Å². The van der Waals surface area contributed by atoms with Crippen molar-refractivity contribution in [3.8, 4) is 0 Å². The molecule has 1 heterocycles. The lowest BCUT2D eigenvalue weighted by Gasteiger charge is -2.22. The van der Waals surface area contributed by atoms with E-state index in [4.69, 9.17) is 0 Å². The number of para-hydroxylation sites is 1. The molecule has 2 aliphatic rings. The van der Waals surface area contributed by atoms with Crippen molar-refractivity contribution < 1.29 is 5.03 Å². The third-order valence-electron chi connectivity index (χ3n) is 2.88. The van der Waals surface area contributed by atoms with Gasteiger partial charge in [0, 0.05) is 5.56 Å². The lowest BCUT2D eigenvalue weighted by molar-refractivity contribution is -0.660. The minimum atomic E-state index is -0.321. The van der Waals surface area contributed by atoms with E-state index >= 15 is 0 Å². The molecule has 15 heavy (non-hydrogen) atoms. The Kier molecular flexibility index (Phi) is 1.62. The molecule has 5 nitrogen and oxygen atoms in total. The van der Waals surface area contributed by atoms with Crippen molar-refractivity contribution in [2.75, 3.05) is 5.01 Å². The van der Waals surface area contributed by atoms with Crippen LogP contribution in [0.4, 0.5) is 5.69 Å². The molecular weight excluding hydrogens is 194 g/mol. The van der Waals surface area contributed by atoms with Crippen LogP contribution >= 0.6 is 0 Å². The van der Waals surface area contributed by atoms with Gasteiger partial charge in [-0.3, -0.25) is 0 Å². The molecule has 5 heteroatoms. The highest BCUT2D eigenvalue weighted by atomic mass is 16.7. The molecule has 1 aliphatic carbocycles. The van der Waals surface area contributed by atoms with Crippen LogP contribution in [0.5, 0.6) is 0 Å². The molecule has 0 radical (unpaired) electrons. The first-order valence-corrected chi connectivity index (χ1v) is 5.06. The number of anilines is 1. The maximum absolute atomic E-state index is 10.9. The van der Waals surface area contributed by atoms with E-state index < -0.39 is 0 Å². The number of nitro groups is 1. The molecule has 0 N–H and O–H groups in total. The minimum absolute atomic E-state index is 0.321. The number of fused-ring (bicyclic) bond motifs is 1. The quantitative estimate of drug-likeness (QED) is 0.543.